The molecule has 1 saturated carbocycles. The monoisotopic (exact) mass is 197 g/mol. The quantitative estimate of drug-likeness (QED) is 0.749. The van der Waals surface area contributed by atoms with Gasteiger partial charge >= 0.3 is 0 Å². The summed E-state index contributed by atoms with van der Waals surface area (Å²) in [6.45, 7) is 8.34. The van der Waals surface area contributed by atoms with Crippen molar-refractivity contribution >= 4 is 5.78 Å². The Morgan fingerprint density at radius 1 is 1.21 bits per heavy atom. The largest absolute Gasteiger partial charge is 0.312 e. The summed E-state index contributed by atoms with van der Waals surface area (Å²) in [6, 6.07) is 1.11. The first kappa shape index (κ1) is 11.7. The molecule has 0 spiro atoms. The van der Waals surface area contributed by atoms with Crippen molar-refractivity contribution in [1.82, 2.24) is 5.32 Å². The van der Waals surface area contributed by atoms with Gasteiger partial charge in [-0.25, -0.2) is 0 Å². The average Bonchev–Trinajstić information content (AvgIpc) is 2.50. The number of Topliss-reactive ketones (excluding diaryl/α,β-unsaturated/α-hetero) is 1. The molecule has 1 N–H and O–H groups in total. The molecule has 82 valence electrons. The van der Waals surface area contributed by atoms with E-state index in [-0.39, 0.29) is 5.92 Å². The molecule has 0 amide bonds. The molecule has 0 aromatic heterocycles. The molecule has 0 heterocycles. The van der Waals surface area contributed by atoms with Gasteiger partial charge in [-0.1, -0.05) is 27.7 Å². The summed E-state index contributed by atoms with van der Waals surface area (Å²) in [5, 5.41) is 3.51. The third-order valence-electron chi connectivity index (χ3n) is 2.97. The fourth-order valence-corrected chi connectivity index (χ4v) is 2.33. The molecule has 0 bridgehead atoms. The van der Waals surface area contributed by atoms with Crippen LogP contribution in [0.15, 0.2) is 0 Å². The standard InChI is InChI=1S/C12H23NO/c1-8(2)12(14)10-5-6-11(7-10)13-9(3)4/h8-11,13H,5-7H2,1-4H3. The fourth-order valence-electron chi connectivity index (χ4n) is 2.33. The van der Waals surface area contributed by atoms with Crippen molar-refractivity contribution in [2.75, 3.05) is 0 Å². The van der Waals surface area contributed by atoms with Crippen LogP contribution < -0.4 is 5.32 Å². The van der Waals surface area contributed by atoms with Crippen LogP contribution in [0.25, 0.3) is 0 Å². The van der Waals surface area contributed by atoms with E-state index in [1.165, 1.54) is 6.42 Å². The zero-order chi connectivity index (χ0) is 10.7. The number of hydrogen-bond donors (Lipinski definition) is 1. The fraction of sp³-hybridized carbons (Fsp3) is 0.917. The van der Waals surface area contributed by atoms with E-state index in [1.807, 2.05) is 13.8 Å². The van der Waals surface area contributed by atoms with Crippen molar-refractivity contribution in [1.29, 1.82) is 0 Å². The second kappa shape index (κ2) is 4.92. The molecule has 14 heavy (non-hydrogen) atoms. The molecule has 0 aliphatic heterocycles. The van der Waals surface area contributed by atoms with E-state index in [0.29, 0.717) is 23.8 Å². The highest BCUT2D eigenvalue weighted by atomic mass is 16.1. The number of ketones is 1. The molecule has 1 rings (SSSR count). The minimum atomic E-state index is 0.206. The van der Waals surface area contributed by atoms with Crippen molar-refractivity contribution < 1.29 is 4.79 Å². The van der Waals surface area contributed by atoms with E-state index in [1.54, 1.807) is 0 Å². The third-order valence-corrected chi connectivity index (χ3v) is 2.97. The Kier molecular flexibility index (Phi) is 4.11. The topological polar surface area (TPSA) is 29.1 Å². The highest BCUT2D eigenvalue weighted by molar-refractivity contribution is 5.83. The minimum absolute atomic E-state index is 0.206. The van der Waals surface area contributed by atoms with Gasteiger partial charge in [-0.3, -0.25) is 4.79 Å². The molecule has 2 unspecified atom stereocenters. The van der Waals surface area contributed by atoms with Gasteiger partial charge in [-0.15, -0.1) is 0 Å². The summed E-state index contributed by atoms with van der Waals surface area (Å²) in [5.41, 5.74) is 0. The molecule has 1 aliphatic carbocycles. The number of hydrogen-bond acceptors (Lipinski definition) is 2. The van der Waals surface area contributed by atoms with Crippen molar-refractivity contribution in [3.63, 3.8) is 0 Å². The molecule has 0 radical (unpaired) electrons. The van der Waals surface area contributed by atoms with E-state index in [9.17, 15) is 4.79 Å². The number of nitrogens with one attached hydrogen (secondary N) is 1. The summed E-state index contributed by atoms with van der Waals surface area (Å²) in [7, 11) is 0. The van der Waals surface area contributed by atoms with Crippen LogP contribution in [0.4, 0.5) is 0 Å². The highest BCUT2D eigenvalue weighted by Crippen LogP contribution is 2.28. The Balaban J connectivity index is 2.37. The smallest absolute Gasteiger partial charge is 0.138 e. The van der Waals surface area contributed by atoms with Crippen molar-refractivity contribution in [2.24, 2.45) is 11.8 Å². The molecular formula is C12H23NO. The van der Waals surface area contributed by atoms with E-state index >= 15 is 0 Å². The zero-order valence-electron chi connectivity index (χ0n) is 9.84. The maximum absolute atomic E-state index is 11.7. The third kappa shape index (κ3) is 3.09. The maximum Gasteiger partial charge on any atom is 0.138 e. The molecule has 2 heteroatoms. The number of carbonyl (C=O) groups excluding carboxylic acids is 1. The first-order valence-corrected chi connectivity index (χ1v) is 5.80. The molecule has 0 aromatic carbocycles. The Morgan fingerprint density at radius 2 is 1.86 bits per heavy atom. The lowest BCUT2D eigenvalue weighted by Gasteiger charge is -2.16. The molecular weight excluding hydrogens is 174 g/mol. The summed E-state index contributed by atoms with van der Waals surface area (Å²) in [5.74, 6) is 0.988. The predicted octanol–water partition coefficient (Wildman–Crippen LogP) is 2.38. The summed E-state index contributed by atoms with van der Waals surface area (Å²) >= 11 is 0. The highest BCUT2D eigenvalue weighted by Gasteiger charge is 2.30. The lowest BCUT2D eigenvalue weighted by molar-refractivity contribution is -0.125. The van der Waals surface area contributed by atoms with Gasteiger partial charge in [-0.2, -0.15) is 0 Å². The van der Waals surface area contributed by atoms with Gasteiger partial charge in [-0.05, 0) is 19.3 Å². The van der Waals surface area contributed by atoms with Crippen LogP contribution in [-0.2, 0) is 4.79 Å². The van der Waals surface area contributed by atoms with E-state index in [4.69, 9.17) is 0 Å². The molecule has 1 fully saturated rings. The van der Waals surface area contributed by atoms with Gasteiger partial charge in [0.1, 0.15) is 5.78 Å². The maximum atomic E-state index is 11.7. The lowest BCUT2D eigenvalue weighted by Crippen LogP contribution is -2.33. The Morgan fingerprint density at radius 3 is 2.36 bits per heavy atom. The van der Waals surface area contributed by atoms with E-state index in [0.717, 1.165) is 12.8 Å². The van der Waals surface area contributed by atoms with Gasteiger partial charge in [0, 0.05) is 23.9 Å². The molecule has 0 aromatic rings. The van der Waals surface area contributed by atoms with Crippen molar-refractivity contribution in [2.45, 2.75) is 59.0 Å². The summed E-state index contributed by atoms with van der Waals surface area (Å²) < 4.78 is 0. The van der Waals surface area contributed by atoms with Gasteiger partial charge in [0.05, 0.1) is 0 Å². The Labute approximate surface area is 87.5 Å². The molecule has 2 atom stereocenters. The lowest BCUT2D eigenvalue weighted by atomic mass is 9.94. The van der Waals surface area contributed by atoms with Crippen LogP contribution in [0, 0.1) is 11.8 Å². The molecule has 0 saturated heterocycles. The summed E-state index contributed by atoms with van der Waals surface area (Å²) in [4.78, 5) is 11.7. The van der Waals surface area contributed by atoms with Crippen LogP contribution >= 0.6 is 0 Å². The van der Waals surface area contributed by atoms with Crippen molar-refractivity contribution in [3.8, 4) is 0 Å². The van der Waals surface area contributed by atoms with Gasteiger partial charge in [0.15, 0.2) is 0 Å². The first-order chi connectivity index (χ1) is 6.50. The normalized spacial score (nSPS) is 27.6. The molecule has 1 aliphatic rings. The average molecular weight is 197 g/mol. The SMILES string of the molecule is CC(C)NC1CCC(C(=O)C(C)C)C1. The van der Waals surface area contributed by atoms with Crippen LogP contribution in [0.1, 0.15) is 47.0 Å². The van der Waals surface area contributed by atoms with Crippen LogP contribution in [-0.4, -0.2) is 17.9 Å². The van der Waals surface area contributed by atoms with Crippen molar-refractivity contribution in [3.05, 3.63) is 0 Å². The van der Waals surface area contributed by atoms with E-state index in [2.05, 4.69) is 19.2 Å². The van der Waals surface area contributed by atoms with Gasteiger partial charge < -0.3 is 5.32 Å². The number of carbonyl (C=O) groups is 1. The van der Waals surface area contributed by atoms with E-state index < -0.39 is 0 Å². The second-order valence-corrected chi connectivity index (χ2v) is 5.09. The van der Waals surface area contributed by atoms with Crippen LogP contribution in [0.3, 0.4) is 0 Å². The van der Waals surface area contributed by atoms with Gasteiger partial charge in [0.25, 0.3) is 0 Å². The zero-order valence-corrected chi connectivity index (χ0v) is 9.84. The number of rotatable bonds is 4. The first-order valence-electron chi connectivity index (χ1n) is 5.80. The summed E-state index contributed by atoms with van der Waals surface area (Å²) in [6.07, 6.45) is 3.30. The second-order valence-electron chi connectivity index (χ2n) is 5.09. The van der Waals surface area contributed by atoms with Crippen LogP contribution in [0.5, 0.6) is 0 Å². The Bertz CT molecular complexity index is 198. The van der Waals surface area contributed by atoms with Gasteiger partial charge in [0.2, 0.25) is 0 Å². The van der Waals surface area contributed by atoms with Crippen LogP contribution in [0.2, 0.25) is 0 Å². The Hall–Kier alpha value is -0.370. The minimum Gasteiger partial charge on any atom is -0.312 e. The molecule has 2 nitrogen and oxygen atoms in total. The predicted molar refractivity (Wildman–Crippen MR) is 59.2 cm³/mol.